The first-order valence-electron chi connectivity index (χ1n) is 3.86. The molecule has 0 aromatic carbocycles. The van der Waals surface area contributed by atoms with Crippen LogP contribution in [0.25, 0.3) is 0 Å². The van der Waals surface area contributed by atoms with E-state index in [1.54, 1.807) is 0 Å². The Morgan fingerprint density at radius 1 is 0.526 bits per heavy atom. The van der Waals surface area contributed by atoms with Crippen molar-refractivity contribution in [2.24, 2.45) is 0 Å². The van der Waals surface area contributed by atoms with E-state index in [1.807, 2.05) is 0 Å². The molecule has 0 N–H and O–H groups in total. The van der Waals surface area contributed by atoms with Gasteiger partial charge in [0.2, 0.25) is 0 Å². The molecule has 0 saturated heterocycles. The van der Waals surface area contributed by atoms with Gasteiger partial charge in [-0.05, 0) is 0 Å². The predicted molar refractivity (Wildman–Crippen MR) is 39.4 cm³/mol. The summed E-state index contributed by atoms with van der Waals surface area (Å²) in [6.45, 7) is 0. The third kappa shape index (κ3) is 3.75. The molecule has 0 aliphatic carbocycles. The molecule has 0 atom stereocenters. The highest BCUT2D eigenvalue weighted by Gasteiger charge is 2.84. The van der Waals surface area contributed by atoms with Crippen LogP contribution in [0.3, 0.4) is 0 Å². The Bertz CT molecular complexity index is 266. The Kier molecular flexibility index (Phi) is 4.68. The van der Waals surface area contributed by atoms with E-state index < -0.39 is 47.0 Å². The Morgan fingerprint density at radius 2 is 0.789 bits per heavy atom. The number of hydrogen-bond acceptors (Lipinski definition) is 1. The molecule has 0 rings (SSSR count). The van der Waals surface area contributed by atoms with Crippen LogP contribution in [0.1, 0.15) is 0 Å². The van der Waals surface area contributed by atoms with Crippen LogP contribution >= 0.6 is 11.8 Å². The van der Waals surface area contributed by atoms with E-state index in [0.717, 1.165) is 0 Å². The van der Waals surface area contributed by atoms with E-state index in [-0.39, 0.29) is 0 Å². The van der Waals surface area contributed by atoms with E-state index in [0.29, 0.717) is 0 Å². The minimum atomic E-state index is -6.99. The molecule has 0 heterocycles. The SMILES string of the molecule is FC(F)(F)CSC(C(F)(F)F)(C(F)(F)F)C(F)(F)F. The second kappa shape index (κ2) is 4.81. The highest BCUT2D eigenvalue weighted by Crippen LogP contribution is 2.60. The van der Waals surface area contributed by atoms with Crippen molar-refractivity contribution in [1.29, 1.82) is 0 Å². The van der Waals surface area contributed by atoms with Gasteiger partial charge in [-0.3, -0.25) is 0 Å². The average Bonchev–Trinajstić information content (AvgIpc) is 1.92. The molecule has 0 aromatic heterocycles. The molecular formula is C6H2F12S. The fourth-order valence-corrected chi connectivity index (χ4v) is 1.79. The first-order chi connectivity index (χ1) is 7.96. The van der Waals surface area contributed by atoms with Gasteiger partial charge in [0.05, 0.1) is 5.75 Å². The highest BCUT2D eigenvalue weighted by atomic mass is 32.2. The van der Waals surface area contributed by atoms with Crippen LogP contribution in [-0.2, 0) is 0 Å². The van der Waals surface area contributed by atoms with Crippen molar-refractivity contribution < 1.29 is 52.7 Å². The molecule has 0 aliphatic rings. The lowest BCUT2D eigenvalue weighted by Crippen LogP contribution is -2.64. The summed E-state index contributed by atoms with van der Waals surface area (Å²) in [6, 6.07) is 0. The molecule has 0 aromatic rings. The normalized spacial score (nSPS) is 15.8. The van der Waals surface area contributed by atoms with Gasteiger partial charge in [-0.25, -0.2) is 0 Å². The number of hydrogen-bond donors (Lipinski definition) is 0. The van der Waals surface area contributed by atoms with Crippen molar-refractivity contribution in [2.45, 2.75) is 29.5 Å². The lowest BCUT2D eigenvalue weighted by Gasteiger charge is -2.37. The van der Waals surface area contributed by atoms with E-state index in [9.17, 15) is 52.7 Å². The van der Waals surface area contributed by atoms with Gasteiger partial charge in [0.15, 0.2) is 0 Å². The Morgan fingerprint density at radius 3 is 0.947 bits per heavy atom. The van der Waals surface area contributed by atoms with Crippen LogP contribution in [0, 0.1) is 0 Å². The Hall–Kier alpha value is -0.490. The average molecular weight is 334 g/mol. The molecule has 0 amide bonds. The molecule has 0 aliphatic heterocycles. The van der Waals surface area contributed by atoms with Crippen molar-refractivity contribution in [1.82, 2.24) is 0 Å². The summed E-state index contributed by atoms with van der Waals surface area (Å²) in [7, 11) is 0. The van der Waals surface area contributed by atoms with Gasteiger partial charge in [-0.1, -0.05) is 0 Å². The van der Waals surface area contributed by atoms with Gasteiger partial charge < -0.3 is 0 Å². The van der Waals surface area contributed by atoms with Crippen LogP contribution < -0.4 is 0 Å². The first-order valence-corrected chi connectivity index (χ1v) is 4.85. The maximum atomic E-state index is 12.1. The fraction of sp³-hybridized carbons (Fsp3) is 1.00. The third-order valence-corrected chi connectivity index (χ3v) is 3.25. The zero-order chi connectivity index (χ0) is 15.9. The molecule has 13 heteroatoms. The molecule has 116 valence electrons. The maximum Gasteiger partial charge on any atom is 0.421 e. The van der Waals surface area contributed by atoms with Gasteiger partial charge in [0, 0.05) is 0 Å². The van der Waals surface area contributed by atoms with E-state index in [1.165, 1.54) is 0 Å². The maximum absolute atomic E-state index is 12.1. The van der Waals surface area contributed by atoms with Crippen LogP contribution in [0.2, 0.25) is 0 Å². The molecule has 0 saturated carbocycles. The van der Waals surface area contributed by atoms with Crippen molar-refractivity contribution >= 4 is 11.8 Å². The molecule has 0 unspecified atom stereocenters. The standard InChI is InChI=1S/C6H2F12S/c7-2(8,9)1-19-3(4(10,11)12,5(13,14)15)6(16,17)18/h1H2. The predicted octanol–water partition coefficient (Wildman–Crippen LogP) is 4.71. The van der Waals surface area contributed by atoms with E-state index in [2.05, 4.69) is 0 Å². The molecule has 0 radical (unpaired) electrons. The van der Waals surface area contributed by atoms with Crippen molar-refractivity contribution in [2.75, 3.05) is 5.75 Å². The fourth-order valence-electron chi connectivity index (χ4n) is 0.918. The smallest absolute Gasteiger partial charge is 0.170 e. The summed E-state index contributed by atoms with van der Waals surface area (Å²) in [5.74, 6) is -2.95. The van der Waals surface area contributed by atoms with Gasteiger partial charge in [-0.15, -0.1) is 11.8 Å². The molecule has 0 fully saturated rings. The molecule has 0 bridgehead atoms. The topological polar surface area (TPSA) is 0 Å². The van der Waals surface area contributed by atoms with Crippen LogP contribution in [0.15, 0.2) is 0 Å². The largest absolute Gasteiger partial charge is 0.421 e. The number of rotatable bonds is 2. The number of thioether (sulfide) groups is 1. The summed E-state index contributed by atoms with van der Waals surface area (Å²) >= 11 is -2.30. The first kappa shape index (κ1) is 18.5. The summed E-state index contributed by atoms with van der Waals surface area (Å²) in [4.78, 5) is 0. The molecule has 0 spiro atoms. The zero-order valence-corrected chi connectivity index (χ0v) is 8.97. The summed E-state index contributed by atoms with van der Waals surface area (Å²) in [5, 5.41) is 0. The van der Waals surface area contributed by atoms with Crippen molar-refractivity contribution in [3.63, 3.8) is 0 Å². The van der Waals surface area contributed by atoms with Crippen LogP contribution in [0.4, 0.5) is 52.7 Å². The summed E-state index contributed by atoms with van der Waals surface area (Å²) < 4.78 is 137. The van der Waals surface area contributed by atoms with Crippen molar-refractivity contribution in [3.8, 4) is 0 Å². The quantitative estimate of drug-likeness (QED) is 0.659. The lowest BCUT2D eigenvalue weighted by atomic mass is 10.1. The third-order valence-electron chi connectivity index (χ3n) is 1.65. The minimum Gasteiger partial charge on any atom is -0.170 e. The monoisotopic (exact) mass is 334 g/mol. The van der Waals surface area contributed by atoms with Gasteiger partial charge >= 0.3 is 29.5 Å². The summed E-state index contributed by atoms with van der Waals surface area (Å²) in [6.07, 6.45) is -26.6. The molecule has 0 nitrogen and oxygen atoms in total. The van der Waals surface area contributed by atoms with Gasteiger partial charge in [0.25, 0.3) is 0 Å². The number of alkyl halides is 12. The zero-order valence-electron chi connectivity index (χ0n) is 8.15. The molecule has 19 heavy (non-hydrogen) atoms. The lowest BCUT2D eigenvalue weighted by molar-refractivity contribution is -0.345. The highest BCUT2D eigenvalue weighted by molar-refractivity contribution is 8.00. The van der Waals surface area contributed by atoms with Crippen LogP contribution in [-0.4, -0.2) is 35.2 Å². The minimum absolute atomic E-state index is 2.30. The van der Waals surface area contributed by atoms with Crippen molar-refractivity contribution in [3.05, 3.63) is 0 Å². The van der Waals surface area contributed by atoms with E-state index in [4.69, 9.17) is 0 Å². The van der Waals surface area contributed by atoms with Gasteiger partial charge in [0.1, 0.15) is 0 Å². The second-order valence-corrected chi connectivity index (χ2v) is 4.27. The second-order valence-electron chi connectivity index (χ2n) is 3.08. The molecular weight excluding hydrogens is 332 g/mol. The van der Waals surface area contributed by atoms with Crippen LogP contribution in [0.5, 0.6) is 0 Å². The number of halogens is 12. The van der Waals surface area contributed by atoms with Gasteiger partial charge in [-0.2, -0.15) is 52.7 Å². The van der Waals surface area contributed by atoms with E-state index >= 15 is 0 Å². The Labute approximate surface area is 101 Å². The summed E-state index contributed by atoms with van der Waals surface area (Å²) in [5.41, 5.74) is 0. The Balaban J connectivity index is 5.83.